The minimum atomic E-state index is -0.841. The number of nitrogens with zero attached hydrogens (tertiary/aromatic N) is 2. The molecule has 0 aromatic carbocycles. The summed E-state index contributed by atoms with van der Waals surface area (Å²) >= 11 is 0. The zero-order valence-corrected chi connectivity index (χ0v) is 8.61. The Morgan fingerprint density at radius 2 is 2.43 bits per heavy atom. The number of hydrogen-bond acceptors (Lipinski definition) is 3. The molecule has 5 nitrogen and oxygen atoms in total. The molecule has 0 bridgehead atoms. The fourth-order valence-electron chi connectivity index (χ4n) is 1.07. The van der Waals surface area contributed by atoms with Crippen LogP contribution < -0.4 is 5.32 Å². The van der Waals surface area contributed by atoms with Gasteiger partial charge in [-0.05, 0) is 13.8 Å². The van der Waals surface area contributed by atoms with Gasteiger partial charge in [0.15, 0.2) is 0 Å². The summed E-state index contributed by atoms with van der Waals surface area (Å²) in [5, 5.41) is 15.6. The van der Waals surface area contributed by atoms with Crippen molar-refractivity contribution in [1.82, 2.24) is 15.1 Å². The van der Waals surface area contributed by atoms with E-state index in [0.29, 0.717) is 6.54 Å². The van der Waals surface area contributed by atoms with Crippen molar-refractivity contribution >= 4 is 5.97 Å². The van der Waals surface area contributed by atoms with Crippen LogP contribution in [0.4, 0.5) is 0 Å². The van der Waals surface area contributed by atoms with Gasteiger partial charge < -0.3 is 10.4 Å². The molecule has 1 heterocycles. The van der Waals surface area contributed by atoms with Crippen molar-refractivity contribution in [3.05, 3.63) is 17.5 Å². The number of carboxylic acid groups (broad SMARTS) is 1. The molecule has 1 rings (SSSR count). The van der Waals surface area contributed by atoms with Crippen molar-refractivity contribution in [1.29, 1.82) is 0 Å². The fourth-order valence-corrected chi connectivity index (χ4v) is 1.07. The van der Waals surface area contributed by atoms with E-state index in [1.54, 1.807) is 17.8 Å². The predicted molar refractivity (Wildman–Crippen MR) is 51.9 cm³/mol. The van der Waals surface area contributed by atoms with Gasteiger partial charge in [-0.25, -0.2) is 0 Å². The lowest BCUT2D eigenvalue weighted by molar-refractivity contribution is -0.139. The van der Waals surface area contributed by atoms with E-state index in [2.05, 4.69) is 10.4 Å². The van der Waals surface area contributed by atoms with Gasteiger partial charge in [0, 0.05) is 24.8 Å². The van der Waals surface area contributed by atoms with Crippen molar-refractivity contribution in [2.45, 2.75) is 26.4 Å². The molecule has 1 atom stereocenters. The summed E-state index contributed by atoms with van der Waals surface area (Å²) in [4.78, 5) is 10.5. The average molecular weight is 197 g/mol. The Bertz CT molecular complexity index is 333. The Kier molecular flexibility index (Phi) is 3.24. The number of carbonyl (C=O) groups is 1. The quantitative estimate of drug-likeness (QED) is 0.728. The van der Waals surface area contributed by atoms with Crippen molar-refractivity contribution in [2.24, 2.45) is 7.05 Å². The van der Waals surface area contributed by atoms with Gasteiger partial charge in [0.2, 0.25) is 0 Å². The molecule has 0 saturated heterocycles. The van der Waals surface area contributed by atoms with Crippen molar-refractivity contribution in [2.75, 3.05) is 0 Å². The molecule has 2 N–H and O–H groups in total. The molecule has 0 amide bonds. The highest BCUT2D eigenvalue weighted by atomic mass is 16.4. The maximum absolute atomic E-state index is 10.5. The zero-order chi connectivity index (χ0) is 10.7. The van der Waals surface area contributed by atoms with Crippen LogP contribution in [0.1, 0.15) is 18.2 Å². The van der Waals surface area contributed by atoms with Gasteiger partial charge in [0.25, 0.3) is 0 Å². The Balaban J connectivity index is 2.54. The van der Waals surface area contributed by atoms with Crippen LogP contribution in [0.2, 0.25) is 0 Å². The summed E-state index contributed by atoms with van der Waals surface area (Å²) in [6, 6.07) is -0.533. The maximum atomic E-state index is 10.5. The molecular formula is C9H15N3O2. The van der Waals surface area contributed by atoms with Crippen LogP contribution in [0.3, 0.4) is 0 Å². The largest absolute Gasteiger partial charge is 0.480 e. The molecule has 0 fully saturated rings. The minimum Gasteiger partial charge on any atom is -0.480 e. The summed E-state index contributed by atoms with van der Waals surface area (Å²) in [5.41, 5.74) is 2.08. The smallest absolute Gasteiger partial charge is 0.320 e. The van der Waals surface area contributed by atoms with Gasteiger partial charge in [0.05, 0.1) is 6.20 Å². The summed E-state index contributed by atoms with van der Waals surface area (Å²) < 4.78 is 1.77. The molecule has 0 aliphatic rings. The van der Waals surface area contributed by atoms with E-state index in [0.717, 1.165) is 11.3 Å². The van der Waals surface area contributed by atoms with E-state index >= 15 is 0 Å². The second kappa shape index (κ2) is 4.23. The van der Waals surface area contributed by atoms with E-state index in [1.807, 2.05) is 14.0 Å². The SMILES string of the molecule is Cc1c(CNC(C)C(=O)O)cnn1C. The molecule has 1 aromatic heterocycles. The summed E-state index contributed by atoms with van der Waals surface area (Å²) in [5.74, 6) is -0.841. The normalized spacial score (nSPS) is 12.8. The van der Waals surface area contributed by atoms with Gasteiger partial charge in [-0.1, -0.05) is 0 Å². The molecule has 0 aliphatic carbocycles. The number of carboxylic acids is 1. The Morgan fingerprint density at radius 1 is 1.79 bits per heavy atom. The predicted octanol–water partition coefficient (Wildman–Crippen LogP) is 0.291. The lowest BCUT2D eigenvalue weighted by Gasteiger charge is -2.08. The number of aryl methyl sites for hydroxylation is 1. The van der Waals surface area contributed by atoms with E-state index in [1.165, 1.54) is 0 Å². The molecule has 0 saturated carbocycles. The van der Waals surface area contributed by atoms with Crippen molar-refractivity contribution in [3.8, 4) is 0 Å². The number of aromatic nitrogens is 2. The molecule has 1 aromatic rings. The van der Waals surface area contributed by atoms with Crippen LogP contribution in [0.25, 0.3) is 0 Å². The highest BCUT2D eigenvalue weighted by Gasteiger charge is 2.11. The van der Waals surface area contributed by atoms with E-state index < -0.39 is 12.0 Å². The van der Waals surface area contributed by atoms with Crippen molar-refractivity contribution < 1.29 is 9.90 Å². The van der Waals surface area contributed by atoms with E-state index in [-0.39, 0.29) is 0 Å². The third-order valence-corrected chi connectivity index (χ3v) is 2.31. The van der Waals surface area contributed by atoms with Gasteiger partial charge in [-0.15, -0.1) is 0 Å². The molecule has 5 heteroatoms. The topological polar surface area (TPSA) is 67.2 Å². The first-order valence-electron chi connectivity index (χ1n) is 4.46. The Labute approximate surface area is 82.7 Å². The molecule has 0 radical (unpaired) electrons. The second-order valence-electron chi connectivity index (χ2n) is 3.32. The molecule has 14 heavy (non-hydrogen) atoms. The number of aliphatic carboxylic acids is 1. The van der Waals surface area contributed by atoms with Gasteiger partial charge in [0.1, 0.15) is 6.04 Å². The summed E-state index contributed by atoms with van der Waals surface area (Å²) in [6.45, 7) is 4.11. The number of rotatable bonds is 4. The highest BCUT2D eigenvalue weighted by Crippen LogP contribution is 2.04. The van der Waals surface area contributed by atoms with Crippen molar-refractivity contribution in [3.63, 3.8) is 0 Å². The Morgan fingerprint density at radius 3 is 2.86 bits per heavy atom. The lowest BCUT2D eigenvalue weighted by atomic mass is 10.2. The number of nitrogens with one attached hydrogen (secondary N) is 1. The molecule has 0 aliphatic heterocycles. The fraction of sp³-hybridized carbons (Fsp3) is 0.556. The highest BCUT2D eigenvalue weighted by molar-refractivity contribution is 5.72. The molecule has 1 unspecified atom stereocenters. The second-order valence-corrected chi connectivity index (χ2v) is 3.32. The van der Waals surface area contributed by atoms with Gasteiger partial charge in [-0.3, -0.25) is 9.48 Å². The molecule has 78 valence electrons. The standard InChI is InChI=1S/C9H15N3O2/c1-6(9(13)14)10-4-8-5-11-12(3)7(8)2/h5-6,10H,4H2,1-3H3,(H,13,14). The lowest BCUT2D eigenvalue weighted by Crippen LogP contribution is -2.33. The first kappa shape index (κ1) is 10.7. The third-order valence-electron chi connectivity index (χ3n) is 2.31. The first-order valence-corrected chi connectivity index (χ1v) is 4.46. The van der Waals surface area contributed by atoms with Crippen LogP contribution >= 0.6 is 0 Å². The van der Waals surface area contributed by atoms with Crippen LogP contribution in [-0.4, -0.2) is 26.9 Å². The maximum Gasteiger partial charge on any atom is 0.320 e. The van der Waals surface area contributed by atoms with Crippen LogP contribution in [0.5, 0.6) is 0 Å². The minimum absolute atomic E-state index is 0.533. The van der Waals surface area contributed by atoms with Crippen LogP contribution in [0, 0.1) is 6.92 Å². The molecule has 0 spiro atoms. The Hall–Kier alpha value is -1.36. The monoisotopic (exact) mass is 197 g/mol. The summed E-state index contributed by atoms with van der Waals surface area (Å²) in [7, 11) is 1.86. The van der Waals surface area contributed by atoms with Crippen LogP contribution in [0.15, 0.2) is 6.20 Å². The van der Waals surface area contributed by atoms with E-state index in [4.69, 9.17) is 5.11 Å². The molecular weight excluding hydrogens is 182 g/mol. The average Bonchev–Trinajstić information content (AvgIpc) is 2.44. The summed E-state index contributed by atoms with van der Waals surface area (Å²) in [6.07, 6.45) is 1.75. The zero-order valence-electron chi connectivity index (χ0n) is 8.61. The van der Waals surface area contributed by atoms with E-state index in [9.17, 15) is 4.79 Å². The van der Waals surface area contributed by atoms with Crippen LogP contribution in [-0.2, 0) is 18.4 Å². The van der Waals surface area contributed by atoms with Gasteiger partial charge in [-0.2, -0.15) is 5.10 Å². The first-order chi connectivity index (χ1) is 6.52. The number of hydrogen-bond donors (Lipinski definition) is 2. The third kappa shape index (κ3) is 2.32. The van der Waals surface area contributed by atoms with Gasteiger partial charge >= 0.3 is 5.97 Å².